The molecule has 0 rings (SSSR count). The van der Waals surface area contributed by atoms with Crippen molar-refractivity contribution >= 4 is 19.8 Å². The van der Waals surface area contributed by atoms with E-state index >= 15 is 0 Å². The lowest BCUT2D eigenvalue weighted by atomic mass is 10.0. The van der Waals surface area contributed by atoms with E-state index in [1.165, 1.54) is 295 Å². The van der Waals surface area contributed by atoms with Gasteiger partial charge in [0.1, 0.15) is 6.61 Å². The number of ether oxygens (including phenoxy) is 2. The quantitative estimate of drug-likeness (QED) is 0.0264. The van der Waals surface area contributed by atoms with Gasteiger partial charge in [0.25, 0.3) is 0 Å². The maximum atomic E-state index is 12.7. The molecule has 0 radical (unpaired) electrons. The number of phosphoric ester groups is 1. The van der Waals surface area contributed by atoms with Crippen LogP contribution in [0.25, 0.3) is 0 Å². The normalized spacial score (nSPS) is 13.0. The maximum absolute atomic E-state index is 12.7. The highest BCUT2D eigenvalue weighted by molar-refractivity contribution is 7.47. The van der Waals surface area contributed by atoms with E-state index in [-0.39, 0.29) is 38.6 Å². The highest BCUT2D eigenvalue weighted by Crippen LogP contribution is 2.43. The van der Waals surface area contributed by atoms with Crippen LogP contribution in [-0.2, 0) is 32.7 Å². The molecule has 0 fully saturated rings. The first-order valence-corrected chi connectivity index (χ1v) is 35.3. The van der Waals surface area contributed by atoms with Gasteiger partial charge in [-0.2, -0.15) is 0 Å². The summed E-state index contributed by atoms with van der Waals surface area (Å²) in [6, 6.07) is 0. The summed E-state index contributed by atoms with van der Waals surface area (Å²) in [6.45, 7) is 3.81. The summed E-state index contributed by atoms with van der Waals surface area (Å²) in [6.07, 6.45) is 77.0. The molecule has 0 amide bonds. The van der Waals surface area contributed by atoms with Gasteiger partial charge in [0, 0.05) is 19.4 Å². The largest absolute Gasteiger partial charge is 0.472 e. The second-order valence-corrected chi connectivity index (χ2v) is 24.5. The third-order valence-electron chi connectivity index (χ3n) is 15.3. The molecule has 0 aliphatic heterocycles. The molecule has 9 nitrogen and oxygen atoms in total. The fourth-order valence-electron chi connectivity index (χ4n) is 10.3. The zero-order valence-corrected chi connectivity index (χ0v) is 52.1. The Labute approximate surface area is 478 Å². The van der Waals surface area contributed by atoms with Crippen LogP contribution in [0.1, 0.15) is 361 Å². The molecule has 0 aromatic carbocycles. The van der Waals surface area contributed by atoms with Gasteiger partial charge < -0.3 is 20.1 Å². The predicted octanol–water partition coefficient (Wildman–Crippen LogP) is 21.8. The van der Waals surface area contributed by atoms with Crippen molar-refractivity contribution in [3.05, 3.63) is 24.3 Å². The molecule has 0 aromatic heterocycles. The first-order chi connectivity index (χ1) is 37.8. The van der Waals surface area contributed by atoms with E-state index in [1.54, 1.807) is 0 Å². The van der Waals surface area contributed by atoms with Gasteiger partial charge in [-0.15, -0.1) is 0 Å². The average Bonchev–Trinajstić information content (AvgIpc) is 3.42. The Bertz CT molecular complexity index is 1310. The number of hydrogen-bond donors (Lipinski definition) is 2. The van der Waals surface area contributed by atoms with Crippen molar-refractivity contribution in [2.75, 3.05) is 26.4 Å². The number of esters is 2. The van der Waals surface area contributed by atoms with E-state index in [9.17, 15) is 19.0 Å². The summed E-state index contributed by atoms with van der Waals surface area (Å²) < 4.78 is 33.2. The van der Waals surface area contributed by atoms with Crippen molar-refractivity contribution in [2.24, 2.45) is 5.73 Å². The number of phosphoric acid groups is 1. The standard InChI is InChI=1S/C67H130NO8P/c1-3-5-7-9-11-13-15-17-19-21-23-25-27-28-29-30-31-32-33-34-35-36-38-40-42-44-46-48-50-52-54-56-58-60-67(70)76-65(64-75-77(71,72)74-62-61-68)63-73-66(69)59-57-55-53-51-49-47-45-43-41-39-37-26-24-22-20-18-16-14-12-10-8-6-4-2/h21-24,65H,3-20,25-64,68H2,1-2H3,(H,71,72)/b23-21-,24-22-. The topological polar surface area (TPSA) is 134 Å². The van der Waals surface area contributed by atoms with Crippen LogP contribution >= 0.6 is 7.82 Å². The van der Waals surface area contributed by atoms with E-state index in [0.29, 0.717) is 6.42 Å². The summed E-state index contributed by atoms with van der Waals surface area (Å²) in [7, 11) is -4.39. The number of carbonyl (C=O) groups excluding carboxylic acids is 2. The van der Waals surface area contributed by atoms with Crippen LogP contribution in [0, 0.1) is 0 Å². The van der Waals surface area contributed by atoms with Gasteiger partial charge in [0.15, 0.2) is 6.10 Å². The van der Waals surface area contributed by atoms with Crippen LogP contribution in [0.15, 0.2) is 24.3 Å². The van der Waals surface area contributed by atoms with Crippen LogP contribution in [0.3, 0.4) is 0 Å². The lowest BCUT2D eigenvalue weighted by Gasteiger charge is -2.19. The Balaban J connectivity index is 3.82. The predicted molar refractivity (Wildman–Crippen MR) is 331 cm³/mol. The fourth-order valence-corrected chi connectivity index (χ4v) is 11.0. The van der Waals surface area contributed by atoms with Crippen molar-refractivity contribution in [1.29, 1.82) is 0 Å². The molecule has 3 N–H and O–H groups in total. The van der Waals surface area contributed by atoms with Crippen molar-refractivity contribution in [1.82, 2.24) is 0 Å². The Hall–Kier alpha value is -1.51. The molecule has 0 spiro atoms. The second-order valence-electron chi connectivity index (χ2n) is 23.0. The van der Waals surface area contributed by atoms with Gasteiger partial charge in [0.05, 0.1) is 13.2 Å². The van der Waals surface area contributed by atoms with Crippen LogP contribution < -0.4 is 5.73 Å². The van der Waals surface area contributed by atoms with Gasteiger partial charge in [-0.25, -0.2) is 4.57 Å². The molecule has 0 saturated carbocycles. The molecule has 0 aliphatic carbocycles. The lowest BCUT2D eigenvalue weighted by Crippen LogP contribution is -2.29. The van der Waals surface area contributed by atoms with Crippen molar-refractivity contribution in [3.8, 4) is 0 Å². The van der Waals surface area contributed by atoms with E-state index in [1.807, 2.05) is 0 Å². The first-order valence-electron chi connectivity index (χ1n) is 33.8. The number of allylic oxidation sites excluding steroid dienone is 4. The molecule has 0 aromatic rings. The molecule has 2 atom stereocenters. The molecule has 0 saturated heterocycles. The average molecular weight is 1110 g/mol. The minimum atomic E-state index is -4.39. The lowest BCUT2D eigenvalue weighted by molar-refractivity contribution is -0.161. The van der Waals surface area contributed by atoms with Gasteiger partial charge in [-0.3, -0.25) is 18.6 Å². The Morgan fingerprint density at radius 1 is 0.377 bits per heavy atom. The summed E-state index contributed by atoms with van der Waals surface area (Å²) in [4.78, 5) is 35.3. The van der Waals surface area contributed by atoms with E-state index in [2.05, 4.69) is 38.2 Å². The third kappa shape index (κ3) is 63.5. The van der Waals surface area contributed by atoms with Crippen molar-refractivity contribution < 1.29 is 37.6 Å². The minimum absolute atomic E-state index is 0.0562. The van der Waals surface area contributed by atoms with Crippen LogP contribution in [0.2, 0.25) is 0 Å². The summed E-state index contributed by atoms with van der Waals surface area (Å²) in [5.41, 5.74) is 5.40. The Morgan fingerprint density at radius 2 is 0.636 bits per heavy atom. The second kappa shape index (κ2) is 63.7. The van der Waals surface area contributed by atoms with Gasteiger partial charge in [-0.05, 0) is 64.2 Å². The van der Waals surface area contributed by atoms with Crippen molar-refractivity contribution in [3.63, 3.8) is 0 Å². The molecule has 0 heterocycles. The molecule has 456 valence electrons. The number of nitrogens with two attached hydrogens (primary N) is 1. The monoisotopic (exact) mass is 1110 g/mol. The zero-order valence-electron chi connectivity index (χ0n) is 51.2. The summed E-state index contributed by atoms with van der Waals surface area (Å²) >= 11 is 0. The smallest absolute Gasteiger partial charge is 0.462 e. The minimum Gasteiger partial charge on any atom is -0.462 e. The summed E-state index contributed by atoms with van der Waals surface area (Å²) in [5.74, 6) is -0.807. The zero-order chi connectivity index (χ0) is 55.9. The van der Waals surface area contributed by atoms with Crippen LogP contribution in [-0.4, -0.2) is 49.3 Å². The van der Waals surface area contributed by atoms with E-state index < -0.39 is 26.5 Å². The molecule has 10 heteroatoms. The van der Waals surface area contributed by atoms with E-state index in [4.69, 9.17) is 24.3 Å². The molecule has 77 heavy (non-hydrogen) atoms. The number of hydrogen-bond acceptors (Lipinski definition) is 8. The van der Waals surface area contributed by atoms with Gasteiger partial charge in [0.2, 0.25) is 0 Å². The highest BCUT2D eigenvalue weighted by Gasteiger charge is 2.26. The summed E-state index contributed by atoms with van der Waals surface area (Å²) in [5, 5.41) is 0. The number of rotatable bonds is 65. The van der Waals surface area contributed by atoms with Gasteiger partial charge in [-0.1, -0.05) is 308 Å². The van der Waals surface area contributed by atoms with Crippen LogP contribution in [0.4, 0.5) is 0 Å². The molecule has 0 bridgehead atoms. The third-order valence-corrected chi connectivity index (χ3v) is 16.3. The Morgan fingerprint density at radius 3 is 0.922 bits per heavy atom. The molecular formula is C67H130NO8P. The maximum Gasteiger partial charge on any atom is 0.472 e. The SMILES string of the molecule is CCCCCCCCCC/C=C\CCCCCCCCCCCCCCCCCCCCCCCC(=O)OC(COC(=O)CCCCCCCCCCCCC/C=C\CCCCCCCCCC)COP(=O)(O)OCCN. The molecular weight excluding hydrogens is 978 g/mol. The first kappa shape index (κ1) is 75.5. The van der Waals surface area contributed by atoms with Crippen LogP contribution in [0.5, 0.6) is 0 Å². The van der Waals surface area contributed by atoms with E-state index in [0.717, 1.165) is 32.1 Å². The molecule has 2 unspecified atom stereocenters. The number of carbonyl (C=O) groups is 2. The van der Waals surface area contributed by atoms with Gasteiger partial charge >= 0.3 is 19.8 Å². The molecule has 0 aliphatic rings. The Kier molecular flexibility index (Phi) is 62.4. The fraction of sp³-hybridized carbons (Fsp3) is 0.910. The number of unbranched alkanes of at least 4 members (excludes halogenated alkanes) is 48. The highest BCUT2D eigenvalue weighted by atomic mass is 31.2. The van der Waals surface area contributed by atoms with Crippen molar-refractivity contribution in [2.45, 2.75) is 367 Å².